The number of nitrogens with two attached hydrogens (primary N) is 1. The summed E-state index contributed by atoms with van der Waals surface area (Å²) in [6.07, 6.45) is 0. The summed E-state index contributed by atoms with van der Waals surface area (Å²) in [7, 11) is 0. The number of nitrogens with one attached hydrogen (secondary N) is 1. The number of aromatic nitrogens is 1. The molecule has 0 radical (unpaired) electrons. The van der Waals surface area contributed by atoms with Gasteiger partial charge in [0, 0.05) is 23.4 Å². The van der Waals surface area contributed by atoms with Crippen molar-refractivity contribution in [2.24, 2.45) is 0 Å². The maximum Gasteiger partial charge on any atom is 0.269 e. The van der Waals surface area contributed by atoms with Crippen LogP contribution in [0.4, 0.5) is 22.3 Å². The smallest absolute Gasteiger partial charge is 0.269 e. The van der Waals surface area contributed by atoms with Crippen molar-refractivity contribution in [2.45, 2.75) is 0 Å². The molecule has 120 valence electrons. The van der Waals surface area contributed by atoms with Gasteiger partial charge in [-0.15, -0.1) is 0 Å². The number of thiazole rings is 1. The minimum absolute atomic E-state index is 0.000790. The molecule has 3 aromatic rings. The number of rotatable bonds is 5. The second-order valence-corrected chi connectivity index (χ2v) is 5.86. The van der Waals surface area contributed by atoms with Crippen molar-refractivity contribution in [3.8, 4) is 0 Å². The largest absolute Gasteiger partial charge is 0.382 e. The van der Waals surface area contributed by atoms with E-state index in [0.29, 0.717) is 21.3 Å². The molecule has 1 heterocycles. The molecule has 0 saturated carbocycles. The number of non-ortho nitro benzene ring substituents is 1. The fourth-order valence-corrected chi connectivity index (χ4v) is 2.93. The van der Waals surface area contributed by atoms with Crippen molar-refractivity contribution in [2.75, 3.05) is 11.1 Å². The number of anilines is 3. The van der Waals surface area contributed by atoms with E-state index in [1.807, 2.05) is 6.07 Å². The van der Waals surface area contributed by atoms with Crippen LogP contribution in [-0.2, 0) is 0 Å². The van der Waals surface area contributed by atoms with Gasteiger partial charge >= 0.3 is 0 Å². The lowest BCUT2D eigenvalue weighted by Crippen LogP contribution is -2.02. The van der Waals surface area contributed by atoms with Gasteiger partial charge in [0.25, 0.3) is 5.69 Å². The lowest BCUT2D eigenvalue weighted by Gasteiger charge is -2.01. The number of carbonyl (C=O) groups excluding carboxylic acids is 1. The SMILES string of the molecule is Nc1nc(Nc2ccc([N+](=O)[O-])cc2)sc1C(=O)c1ccccc1. The zero-order valence-corrected chi connectivity index (χ0v) is 13.1. The minimum atomic E-state index is -0.470. The first kappa shape index (κ1) is 15.6. The Balaban J connectivity index is 1.81. The number of nitro benzene ring substituents is 1. The average molecular weight is 340 g/mol. The summed E-state index contributed by atoms with van der Waals surface area (Å²) in [4.78, 5) is 27.1. The first-order valence-corrected chi connectivity index (χ1v) is 7.74. The van der Waals surface area contributed by atoms with Gasteiger partial charge in [-0.05, 0) is 12.1 Å². The molecule has 2 aromatic carbocycles. The normalized spacial score (nSPS) is 10.3. The minimum Gasteiger partial charge on any atom is -0.382 e. The van der Waals surface area contributed by atoms with Crippen molar-refractivity contribution in [3.63, 3.8) is 0 Å². The molecule has 3 N–H and O–H groups in total. The number of carbonyl (C=O) groups is 1. The van der Waals surface area contributed by atoms with E-state index in [-0.39, 0.29) is 17.3 Å². The van der Waals surface area contributed by atoms with Crippen LogP contribution in [0.5, 0.6) is 0 Å². The van der Waals surface area contributed by atoms with Gasteiger partial charge in [0.15, 0.2) is 5.13 Å². The zero-order chi connectivity index (χ0) is 17.1. The van der Waals surface area contributed by atoms with Crippen LogP contribution in [0.25, 0.3) is 0 Å². The number of hydrogen-bond acceptors (Lipinski definition) is 7. The van der Waals surface area contributed by atoms with Crippen LogP contribution in [0, 0.1) is 10.1 Å². The van der Waals surface area contributed by atoms with E-state index in [4.69, 9.17) is 5.73 Å². The average Bonchev–Trinajstić information content (AvgIpc) is 2.95. The molecule has 0 aliphatic carbocycles. The van der Waals surface area contributed by atoms with Crippen LogP contribution in [0.2, 0.25) is 0 Å². The van der Waals surface area contributed by atoms with Crippen LogP contribution in [0.15, 0.2) is 54.6 Å². The Bertz CT molecular complexity index is 891. The zero-order valence-electron chi connectivity index (χ0n) is 12.3. The van der Waals surface area contributed by atoms with Crippen LogP contribution in [-0.4, -0.2) is 15.7 Å². The van der Waals surface area contributed by atoms with Crippen LogP contribution in [0.1, 0.15) is 15.2 Å². The van der Waals surface area contributed by atoms with E-state index in [9.17, 15) is 14.9 Å². The highest BCUT2D eigenvalue weighted by atomic mass is 32.1. The Labute approximate surface area is 140 Å². The summed E-state index contributed by atoms with van der Waals surface area (Å²) in [6, 6.07) is 14.7. The molecule has 0 saturated heterocycles. The highest BCUT2D eigenvalue weighted by Crippen LogP contribution is 2.30. The van der Waals surface area contributed by atoms with Gasteiger partial charge in [-0.25, -0.2) is 4.98 Å². The third kappa shape index (κ3) is 3.23. The van der Waals surface area contributed by atoms with E-state index >= 15 is 0 Å². The summed E-state index contributed by atoms with van der Waals surface area (Å²) in [5, 5.41) is 14.1. The summed E-state index contributed by atoms with van der Waals surface area (Å²) < 4.78 is 0. The molecule has 0 aliphatic heterocycles. The molecule has 0 aliphatic rings. The third-order valence-electron chi connectivity index (χ3n) is 3.22. The maximum atomic E-state index is 12.4. The standard InChI is InChI=1S/C16H12N4O3S/c17-15-14(13(21)10-4-2-1-3-5-10)24-16(19-15)18-11-6-8-12(9-7-11)20(22)23/h1-9H,17H2,(H,18,19). The molecule has 0 bridgehead atoms. The number of nitrogens with zero attached hydrogens (tertiary/aromatic N) is 2. The van der Waals surface area contributed by atoms with Crippen LogP contribution < -0.4 is 11.1 Å². The Morgan fingerprint density at radius 3 is 2.42 bits per heavy atom. The van der Waals surface area contributed by atoms with Gasteiger partial charge in [-0.2, -0.15) is 0 Å². The first-order chi connectivity index (χ1) is 11.5. The molecule has 3 rings (SSSR count). The van der Waals surface area contributed by atoms with E-state index in [2.05, 4.69) is 10.3 Å². The van der Waals surface area contributed by atoms with E-state index < -0.39 is 4.92 Å². The molecular weight excluding hydrogens is 328 g/mol. The topological polar surface area (TPSA) is 111 Å². The quantitative estimate of drug-likeness (QED) is 0.417. The number of hydrogen-bond donors (Lipinski definition) is 2. The summed E-state index contributed by atoms with van der Waals surface area (Å²) >= 11 is 1.14. The number of benzene rings is 2. The molecule has 8 heteroatoms. The van der Waals surface area contributed by atoms with Crippen molar-refractivity contribution in [3.05, 3.63) is 75.2 Å². The molecular formula is C16H12N4O3S. The predicted octanol–water partition coefficient (Wildman–Crippen LogP) is 3.61. The molecule has 0 unspecified atom stereocenters. The Kier molecular flexibility index (Phi) is 4.21. The maximum absolute atomic E-state index is 12.4. The second kappa shape index (κ2) is 6.47. The molecule has 0 fully saturated rings. The van der Waals surface area contributed by atoms with Gasteiger partial charge in [0.05, 0.1) is 4.92 Å². The van der Waals surface area contributed by atoms with E-state index in [1.165, 1.54) is 12.1 Å². The van der Waals surface area contributed by atoms with Gasteiger partial charge in [-0.3, -0.25) is 14.9 Å². The number of ketones is 1. The van der Waals surface area contributed by atoms with Crippen molar-refractivity contribution < 1.29 is 9.72 Å². The van der Waals surface area contributed by atoms with Gasteiger partial charge < -0.3 is 11.1 Å². The van der Waals surface area contributed by atoms with Crippen molar-refractivity contribution in [1.29, 1.82) is 0 Å². The van der Waals surface area contributed by atoms with Gasteiger partial charge in [0.2, 0.25) is 5.78 Å². The fraction of sp³-hybridized carbons (Fsp3) is 0. The van der Waals surface area contributed by atoms with Crippen molar-refractivity contribution in [1.82, 2.24) is 4.98 Å². The molecule has 0 spiro atoms. The lowest BCUT2D eigenvalue weighted by molar-refractivity contribution is -0.384. The summed E-state index contributed by atoms with van der Waals surface area (Å²) in [6.45, 7) is 0. The monoisotopic (exact) mass is 340 g/mol. The number of nitrogen functional groups attached to an aromatic ring is 1. The summed E-state index contributed by atoms with van der Waals surface area (Å²) in [5.74, 6) is -0.0411. The van der Waals surface area contributed by atoms with Crippen LogP contribution >= 0.6 is 11.3 Å². The van der Waals surface area contributed by atoms with Gasteiger partial charge in [0.1, 0.15) is 10.7 Å². The molecule has 1 aromatic heterocycles. The second-order valence-electron chi connectivity index (χ2n) is 4.86. The van der Waals surface area contributed by atoms with Crippen LogP contribution in [0.3, 0.4) is 0 Å². The van der Waals surface area contributed by atoms with E-state index in [1.54, 1.807) is 36.4 Å². The molecule has 24 heavy (non-hydrogen) atoms. The lowest BCUT2D eigenvalue weighted by atomic mass is 10.1. The Morgan fingerprint density at radius 2 is 1.79 bits per heavy atom. The Morgan fingerprint density at radius 1 is 1.12 bits per heavy atom. The summed E-state index contributed by atoms with van der Waals surface area (Å²) in [5.41, 5.74) is 7.00. The third-order valence-corrected chi connectivity index (χ3v) is 4.21. The predicted molar refractivity (Wildman–Crippen MR) is 92.8 cm³/mol. The van der Waals surface area contributed by atoms with Crippen molar-refractivity contribution >= 4 is 39.4 Å². The molecule has 0 amide bonds. The molecule has 7 nitrogen and oxygen atoms in total. The van der Waals surface area contributed by atoms with Gasteiger partial charge in [-0.1, -0.05) is 41.7 Å². The van der Waals surface area contributed by atoms with E-state index in [0.717, 1.165) is 11.3 Å². The number of nitro groups is 1. The molecule has 0 atom stereocenters. The highest BCUT2D eigenvalue weighted by molar-refractivity contribution is 7.18. The Hall–Kier alpha value is -3.26. The first-order valence-electron chi connectivity index (χ1n) is 6.92. The highest BCUT2D eigenvalue weighted by Gasteiger charge is 2.18. The fourth-order valence-electron chi connectivity index (χ4n) is 2.06.